The Morgan fingerprint density at radius 2 is 1.96 bits per heavy atom. The van der Waals surface area contributed by atoms with Gasteiger partial charge in [-0.15, -0.1) is 0 Å². The van der Waals surface area contributed by atoms with Crippen molar-refractivity contribution >= 4 is 17.4 Å². The van der Waals surface area contributed by atoms with Crippen molar-refractivity contribution in [1.29, 1.82) is 5.26 Å². The molecule has 1 amide bonds. The second-order valence-corrected chi connectivity index (χ2v) is 13.3. The topological polar surface area (TPSA) is 92.1 Å². The van der Waals surface area contributed by atoms with Crippen molar-refractivity contribution in [2.24, 2.45) is 0 Å². The van der Waals surface area contributed by atoms with Gasteiger partial charge in [-0.3, -0.25) is 4.79 Å². The first-order valence-electron chi connectivity index (χ1n) is 16.7. The summed E-state index contributed by atoms with van der Waals surface area (Å²) >= 11 is 0. The van der Waals surface area contributed by atoms with Crippen LogP contribution in [0.2, 0.25) is 0 Å². The Morgan fingerprint density at radius 3 is 2.76 bits per heavy atom. The van der Waals surface area contributed by atoms with Crippen LogP contribution < -0.4 is 14.5 Å². The predicted molar refractivity (Wildman–Crippen MR) is 177 cm³/mol. The number of likely N-dealkylation sites (N-methyl/N-ethyl adjacent to an activating group) is 2. The Bertz CT molecular complexity index is 1420. The highest BCUT2D eigenvalue weighted by Gasteiger charge is 2.35. The molecule has 3 atom stereocenters. The van der Waals surface area contributed by atoms with Crippen molar-refractivity contribution in [3.05, 3.63) is 53.2 Å². The molecule has 2 fully saturated rings. The van der Waals surface area contributed by atoms with Crippen LogP contribution in [-0.2, 0) is 24.1 Å². The Kier molecular flexibility index (Phi) is 9.86. The van der Waals surface area contributed by atoms with Crippen LogP contribution >= 0.6 is 0 Å². The van der Waals surface area contributed by atoms with E-state index in [1.54, 1.807) is 6.08 Å². The number of para-hydroxylation sites is 1. The highest BCUT2D eigenvalue weighted by Crippen LogP contribution is 2.37. The van der Waals surface area contributed by atoms with Crippen molar-refractivity contribution in [2.75, 3.05) is 76.8 Å². The van der Waals surface area contributed by atoms with Gasteiger partial charge in [0.25, 0.3) is 0 Å². The number of piperazine rings is 1. The van der Waals surface area contributed by atoms with Crippen LogP contribution in [0.25, 0.3) is 0 Å². The number of aryl methyl sites for hydroxylation is 1. The van der Waals surface area contributed by atoms with E-state index in [4.69, 9.17) is 14.7 Å². The van der Waals surface area contributed by atoms with Crippen LogP contribution in [0.4, 0.5) is 11.5 Å². The van der Waals surface area contributed by atoms with Crippen LogP contribution in [0.15, 0.2) is 36.4 Å². The average molecular weight is 613 g/mol. The van der Waals surface area contributed by atoms with E-state index in [0.717, 1.165) is 56.7 Å². The highest BCUT2D eigenvalue weighted by molar-refractivity contribution is 5.88. The summed E-state index contributed by atoms with van der Waals surface area (Å²) in [5.41, 5.74) is 5.08. The van der Waals surface area contributed by atoms with E-state index >= 15 is 0 Å². The molecule has 0 saturated carbocycles. The highest BCUT2D eigenvalue weighted by atomic mass is 16.5. The normalized spacial score (nSPS) is 23.7. The Labute approximate surface area is 268 Å². The SMILES string of the molecule is CN(C)C/C=C/C(=O)N1CCN(c2nc(OC[C@@H]3CCCN3C)nc3c2CCC(N2CCCc4ccccc42)C3)C[C@@H]1CC#N. The number of fused-ring (bicyclic) bond motifs is 2. The molecule has 4 heterocycles. The van der Waals surface area contributed by atoms with Gasteiger partial charge < -0.3 is 29.2 Å². The first kappa shape index (κ1) is 31.3. The van der Waals surface area contributed by atoms with Crippen LogP contribution in [0, 0.1) is 11.3 Å². The van der Waals surface area contributed by atoms with Crippen molar-refractivity contribution in [3.8, 4) is 12.1 Å². The van der Waals surface area contributed by atoms with Gasteiger partial charge in [0.05, 0.1) is 24.2 Å². The lowest BCUT2D eigenvalue weighted by Gasteiger charge is -2.43. The summed E-state index contributed by atoms with van der Waals surface area (Å²) in [5.74, 6) is 0.890. The number of benzene rings is 1. The quantitative estimate of drug-likeness (QED) is 0.396. The van der Waals surface area contributed by atoms with Crippen LogP contribution in [0.5, 0.6) is 6.01 Å². The Hall–Kier alpha value is -3.68. The number of aromatic nitrogens is 2. The molecular formula is C35H48N8O2. The molecule has 2 saturated heterocycles. The average Bonchev–Trinajstić information content (AvgIpc) is 3.47. The van der Waals surface area contributed by atoms with Crippen molar-refractivity contribution in [3.63, 3.8) is 0 Å². The van der Waals surface area contributed by atoms with Gasteiger partial charge in [-0.05, 0) is 77.8 Å². The van der Waals surface area contributed by atoms with E-state index in [1.165, 1.54) is 29.7 Å². The fourth-order valence-electron chi connectivity index (χ4n) is 7.53. The molecule has 0 bridgehead atoms. The summed E-state index contributed by atoms with van der Waals surface area (Å²) in [6.07, 6.45) is 11.2. The number of carbonyl (C=O) groups is 1. The zero-order valence-corrected chi connectivity index (χ0v) is 27.2. The molecule has 1 aliphatic carbocycles. The molecule has 10 heteroatoms. The molecule has 1 aromatic carbocycles. The van der Waals surface area contributed by atoms with E-state index < -0.39 is 0 Å². The third-order valence-electron chi connectivity index (χ3n) is 9.99. The second kappa shape index (κ2) is 14.2. The van der Waals surface area contributed by atoms with Gasteiger partial charge in [-0.25, -0.2) is 0 Å². The summed E-state index contributed by atoms with van der Waals surface area (Å²) in [6.45, 7) is 5.22. The number of carbonyl (C=O) groups excluding carboxylic acids is 1. The van der Waals surface area contributed by atoms with Crippen LogP contribution in [-0.4, -0.2) is 116 Å². The minimum absolute atomic E-state index is 0.0316. The smallest absolute Gasteiger partial charge is 0.318 e. The zero-order valence-electron chi connectivity index (χ0n) is 27.2. The minimum atomic E-state index is -0.205. The third kappa shape index (κ3) is 7.10. The first-order valence-corrected chi connectivity index (χ1v) is 16.7. The van der Waals surface area contributed by atoms with Crippen molar-refractivity contribution in [2.45, 2.75) is 69.5 Å². The summed E-state index contributed by atoms with van der Waals surface area (Å²) in [5, 5.41) is 9.69. The molecule has 2 aromatic rings. The molecule has 3 aliphatic heterocycles. The molecule has 10 nitrogen and oxygen atoms in total. The van der Waals surface area contributed by atoms with E-state index in [0.29, 0.717) is 50.9 Å². The largest absolute Gasteiger partial charge is 0.462 e. The minimum Gasteiger partial charge on any atom is -0.462 e. The lowest BCUT2D eigenvalue weighted by Crippen LogP contribution is -2.55. The van der Waals surface area contributed by atoms with Crippen LogP contribution in [0.1, 0.15) is 48.9 Å². The summed E-state index contributed by atoms with van der Waals surface area (Å²) in [6, 6.07) is 12.2. The molecule has 6 rings (SSSR count). The number of nitriles is 1. The lowest BCUT2D eigenvalue weighted by molar-refractivity contribution is -0.128. The lowest BCUT2D eigenvalue weighted by atomic mass is 9.88. The maximum absolute atomic E-state index is 13.1. The maximum atomic E-state index is 13.1. The zero-order chi connectivity index (χ0) is 31.3. The van der Waals surface area contributed by atoms with E-state index in [9.17, 15) is 10.1 Å². The van der Waals surface area contributed by atoms with Gasteiger partial charge in [-0.2, -0.15) is 15.2 Å². The maximum Gasteiger partial charge on any atom is 0.318 e. The summed E-state index contributed by atoms with van der Waals surface area (Å²) < 4.78 is 6.36. The van der Waals surface area contributed by atoms with Crippen molar-refractivity contribution < 1.29 is 9.53 Å². The number of anilines is 2. The number of hydrogen-bond acceptors (Lipinski definition) is 9. The predicted octanol–water partition coefficient (Wildman–Crippen LogP) is 3.31. The monoisotopic (exact) mass is 612 g/mol. The molecule has 0 N–H and O–H groups in total. The number of hydrogen-bond donors (Lipinski definition) is 0. The van der Waals surface area contributed by atoms with E-state index in [-0.39, 0.29) is 18.4 Å². The van der Waals surface area contributed by atoms with Gasteiger partial charge in [0.1, 0.15) is 12.4 Å². The number of rotatable bonds is 9. The van der Waals surface area contributed by atoms with Gasteiger partial charge in [0.15, 0.2) is 0 Å². The second-order valence-electron chi connectivity index (χ2n) is 13.3. The molecule has 45 heavy (non-hydrogen) atoms. The van der Waals surface area contributed by atoms with Gasteiger partial charge in [0.2, 0.25) is 5.91 Å². The molecule has 240 valence electrons. The number of nitrogens with zero attached hydrogens (tertiary/aromatic N) is 8. The van der Waals surface area contributed by atoms with E-state index in [1.807, 2.05) is 30.0 Å². The fourth-order valence-corrected chi connectivity index (χ4v) is 7.53. The molecule has 0 spiro atoms. The Morgan fingerprint density at radius 1 is 1.09 bits per heavy atom. The standard InChI is InChI=1S/C35H48N8O2/c1-39(2)18-8-13-33(44)43-22-21-41(24-28(43)16-17-36)34-30-15-14-27(42-20-6-10-26-9-4-5-12-32(26)42)23-31(30)37-35(38-34)45-25-29-11-7-19-40(29)3/h4-5,8-9,12-13,27-29H,6-7,10-11,14-16,18-25H2,1-3H3/b13-8+/t27?,28-,29-/m0/s1. The molecular weight excluding hydrogens is 564 g/mol. The molecule has 4 aliphatic rings. The summed E-state index contributed by atoms with van der Waals surface area (Å²) in [7, 11) is 6.12. The fraction of sp³-hybridized carbons (Fsp3) is 0.600. The molecule has 0 radical (unpaired) electrons. The van der Waals surface area contributed by atoms with Crippen molar-refractivity contribution in [1.82, 2.24) is 24.7 Å². The van der Waals surface area contributed by atoms with Gasteiger partial charge >= 0.3 is 6.01 Å². The summed E-state index contributed by atoms with van der Waals surface area (Å²) in [4.78, 5) is 34.4. The van der Waals surface area contributed by atoms with E-state index in [2.05, 4.69) is 52.1 Å². The molecule has 1 aromatic heterocycles. The molecule has 1 unspecified atom stereocenters. The van der Waals surface area contributed by atoms with Crippen LogP contribution in [0.3, 0.4) is 0 Å². The Balaban J connectivity index is 1.26. The third-order valence-corrected chi connectivity index (χ3v) is 9.99. The number of ether oxygens (including phenoxy) is 1. The van der Waals surface area contributed by atoms with Gasteiger partial charge in [-0.1, -0.05) is 24.3 Å². The first-order chi connectivity index (χ1) is 21.9. The number of likely N-dealkylation sites (tertiary alicyclic amines) is 1. The van der Waals surface area contributed by atoms with Gasteiger partial charge in [0, 0.05) is 68.6 Å². The number of amides is 1.